The van der Waals surface area contributed by atoms with E-state index in [4.69, 9.17) is 23.2 Å². The molecule has 0 unspecified atom stereocenters. The minimum Gasteiger partial charge on any atom is -0.507 e. The second-order valence-electron chi connectivity index (χ2n) is 5.57. The molecule has 0 aliphatic rings. The zero-order valence-electron chi connectivity index (χ0n) is 13.7. The number of phenolic OH excluding ortho intramolecular Hbond substituents is 1. The van der Waals surface area contributed by atoms with Crippen LogP contribution in [0.2, 0.25) is 10.0 Å². The molecule has 0 bridgehead atoms. The summed E-state index contributed by atoms with van der Waals surface area (Å²) in [5, 5.41) is 12.7. The van der Waals surface area contributed by atoms with Crippen LogP contribution in [0.3, 0.4) is 0 Å². The van der Waals surface area contributed by atoms with Gasteiger partial charge in [-0.05, 0) is 48.5 Å². The largest absolute Gasteiger partial charge is 0.507 e. The summed E-state index contributed by atoms with van der Waals surface area (Å²) in [6, 6.07) is 16.0. The number of sulfone groups is 1. The Bertz CT molecular complexity index is 1120. The third-order valence-corrected chi connectivity index (χ3v) is 6.07. The fraction of sp³-hybridized carbons (Fsp3) is 0. The average molecular weight is 422 g/mol. The second-order valence-corrected chi connectivity index (χ2v) is 8.37. The van der Waals surface area contributed by atoms with Gasteiger partial charge in [0.05, 0.1) is 26.1 Å². The van der Waals surface area contributed by atoms with Gasteiger partial charge in [-0.3, -0.25) is 4.79 Å². The molecule has 27 heavy (non-hydrogen) atoms. The predicted octanol–water partition coefficient (Wildman–Crippen LogP) is 4.78. The number of benzene rings is 3. The Balaban J connectivity index is 1.89. The highest BCUT2D eigenvalue weighted by molar-refractivity contribution is 7.91. The van der Waals surface area contributed by atoms with Gasteiger partial charge in [-0.25, -0.2) is 8.42 Å². The van der Waals surface area contributed by atoms with Crippen LogP contribution in [0.25, 0.3) is 0 Å². The summed E-state index contributed by atoms with van der Waals surface area (Å²) in [4.78, 5) is 12.5. The van der Waals surface area contributed by atoms with E-state index in [1.165, 1.54) is 48.5 Å². The number of hydrogen-bond donors (Lipinski definition) is 2. The van der Waals surface area contributed by atoms with Crippen molar-refractivity contribution >= 4 is 44.6 Å². The van der Waals surface area contributed by atoms with Gasteiger partial charge in [0.25, 0.3) is 5.91 Å². The highest BCUT2D eigenvalue weighted by Gasteiger charge is 2.19. The first-order chi connectivity index (χ1) is 12.8. The predicted molar refractivity (Wildman–Crippen MR) is 104 cm³/mol. The van der Waals surface area contributed by atoms with Gasteiger partial charge in [0, 0.05) is 5.02 Å². The van der Waals surface area contributed by atoms with Gasteiger partial charge in [0.15, 0.2) is 0 Å². The third-order valence-electron chi connectivity index (χ3n) is 3.76. The zero-order valence-corrected chi connectivity index (χ0v) is 16.0. The van der Waals surface area contributed by atoms with Crippen molar-refractivity contribution in [3.63, 3.8) is 0 Å². The van der Waals surface area contributed by atoms with Crippen LogP contribution in [-0.2, 0) is 9.84 Å². The topological polar surface area (TPSA) is 83.5 Å². The van der Waals surface area contributed by atoms with Gasteiger partial charge in [-0.15, -0.1) is 0 Å². The van der Waals surface area contributed by atoms with Crippen LogP contribution in [0.5, 0.6) is 5.75 Å². The van der Waals surface area contributed by atoms with Crippen LogP contribution in [-0.4, -0.2) is 19.4 Å². The number of hydrogen-bond acceptors (Lipinski definition) is 4. The van der Waals surface area contributed by atoms with Gasteiger partial charge in [0.1, 0.15) is 5.75 Å². The first kappa shape index (κ1) is 19.2. The summed E-state index contributed by atoms with van der Waals surface area (Å²) in [6.07, 6.45) is 0. The van der Waals surface area contributed by atoms with E-state index in [0.29, 0.717) is 0 Å². The molecule has 0 radical (unpaired) electrons. The fourth-order valence-electron chi connectivity index (χ4n) is 2.38. The summed E-state index contributed by atoms with van der Waals surface area (Å²) in [5.41, 5.74) is 0.174. The van der Waals surface area contributed by atoms with Crippen LogP contribution >= 0.6 is 23.2 Å². The van der Waals surface area contributed by atoms with E-state index in [2.05, 4.69) is 5.32 Å². The molecule has 2 N–H and O–H groups in total. The molecule has 138 valence electrons. The molecule has 3 rings (SSSR count). The van der Waals surface area contributed by atoms with E-state index in [-0.39, 0.29) is 36.8 Å². The highest BCUT2D eigenvalue weighted by atomic mass is 35.5. The quantitative estimate of drug-likeness (QED) is 0.634. The number of amides is 1. The lowest BCUT2D eigenvalue weighted by Gasteiger charge is -2.11. The Morgan fingerprint density at radius 1 is 0.889 bits per heavy atom. The smallest absolute Gasteiger partial charge is 0.259 e. The monoisotopic (exact) mass is 421 g/mol. The van der Waals surface area contributed by atoms with Crippen molar-refractivity contribution in [3.8, 4) is 5.75 Å². The third kappa shape index (κ3) is 4.08. The Morgan fingerprint density at radius 2 is 1.59 bits per heavy atom. The molecule has 0 aliphatic carbocycles. The lowest BCUT2D eigenvalue weighted by Crippen LogP contribution is -2.13. The van der Waals surface area contributed by atoms with Gasteiger partial charge in [0.2, 0.25) is 9.84 Å². The second kappa shape index (κ2) is 7.60. The van der Waals surface area contributed by atoms with Crippen molar-refractivity contribution in [2.24, 2.45) is 0 Å². The van der Waals surface area contributed by atoms with Crippen LogP contribution in [0.1, 0.15) is 10.4 Å². The molecule has 0 fully saturated rings. The van der Waals surface area contributed by atoms with E-state index in [1.54, 1.807) is 18.2 Å². The van der Waals surface area contributed by atoms with E-state index in [1.807, 2.05) is 0 Å². The number of phenols is 1. The maximum Gasteiger partial charge on any atom is 0.259 e. The summed E-state index contributed by atoms with van der Waals surface area (Å²) in [5.74, 6) is -0.869. The average Bonchev–Trinajstić information content (AvgIpc) is 2.65. The van der Waals surface area contributed by atoms with E-state index >= 15 is 0 Å². The number of anilines is 1. The summed E-state index contributed by atoms with van der Waals surface area (Å²) in [6.45, 7) is 0. The lowest BCUT2D eigenvalue weighted by atomic mass is 10.2. The molecule has 8 heteroatoms. The summed E-state index contributed by atoms with van der Waals surface area (Å²) >= 11 is 12.0. The standard InChI is InChI=1S/C19H13Cl2NO4S/c20-12-6-9-18(23)15(10-12)19(24)22-17-8-7-14(11-16(17)21)27(25,26)13-4-2-1-3-5-13/h1-11,23H,(H,22,24). The van der Waals surface area contributed by atoms with Crippen molar-refractivity contribution in [2.75, 3.05) is 5.32 Å². The van der Waals surface area contributed by atoms with Gasteiger partial charge in [-0.2, -0.15) is 0 Å². The molecule has 0 aromatic heterocycles. The van der Waals surface area contributed by atoms with Gasteiger partial charge >= 0.3 is 0 Å². The number of halogens is 2. The summed E-state index contributed by atoms with van der Waals surface area (Å²) in [7, 11) is -3.73. The van der Waals surface area contributed by atoms with Crippen LogP contribution in [0.4, 0.5) is 5.69 Å². The molecule has 0 heterocycles. The molecule has 3 aromatic rings. The molecule has 0 atom stereocenters. The van der Waals surface area contributed by atoms with Gasteiger partial charge < -0.3 is 10.4 Å². The van der Waals surface area contributed by atoms with Crippen LogP contribution < -0.4 is 5.32 Å². The van der Waals surface area contributed by atoms with Crippen molar-refractivity contribution in [3.05, 3.63) is 82.3 Å². The van der Waals surface area contributed by atoms with E-state index < -0.39 is 15.7 Å². The molecule has 3 aromatic carbocycles. The Labute approximate surface area is 166 Å². The first-order valence-electron chi connectivity index (χ1n) is 7.68. The molecule has 5 nitrogen and oxygen atoms in total. The minimum absolute atomic E-state index is 0.00213. The molecule has 0 spiro atoms. The van der Waals surface area contributed by atoms with Crippen molar-refractivity contribution in [1.29, 1.82) is 0 Å². The normalized spacial score (nSPS) is 11.2. The highest BCUT2D eigenvalue weighted by Crippen LogP contribution is 2.30. The number of rotatable bonds is 4. The number of carbonyl (C=O) groups excluding carboxylic acids is 1. The maximum atomic E-state index is 12.6. The van der Waals surface area contributed by atoms with Crippen molar-refractivity contribution in [2.45, 2.75) is 9.79 Å². The SMILES string of the molecule is O=C(Nc1ccc(S(=O)(=O)c2ccccc2)cc1Cl)c1cc(Cl)ccc1O. The van der Waals surface area contributed by atoms with Crippen LogP contribution in [0, 0.1) is 0 Å². The maximum absolute atomic E-state index is 12.6. The summed E-state index contributed by atoms with van der Waals surface area (Å²) < 4.78 is 25.3. The van der Waals surface area contributed by atoms with Gasteiger partial charge in [-0.1, -0.05) is 41.4 Å². The molecule has 0 saturated heterocycles. The minimum atomic E-state index is -3.73. The molecule has 0 saturated carbocycles. The van der Waals surface area contributed by atoms with Crippen LogP contribution in [0.15, 0.2) is 76.5 Å². The number of aromatic hydroxyl groups is 1. The van der Waals surface area contributed by atoms with Crippen molar-refractivity contribution < 1.29 is 18.3 Å². The lowest BCUT2D eigenvalue weighted by molar-refractivity contribution is 0.102. The molecular formula is C19H13Cl2NO4S. The number of carbonyl (C=O) groups is 1. The Kier molecular flexibility index (Phi) is 5.41. The van der Waals surface area contributed by atoms with E-state index in [0.717, 1.165) is 0 Å². The fourth-order valence-corrected chi connectivity index (χ4v) is 4.15. The first-order valence-corrected chi connectivity index (χ1v) is 9.92. The Hall–Kier alpha value is -2.54. The van der Waals surface area contributed by atoms with Crippen molar-refractivity contribution in [1.82, 2.24) is 0 Å². The Morgan fingerprint density at radius 3 is 2.26 bits per heavy atom. The molecule has 1 amide bonds. The molecule has 0 aliphatic heterocycles. The number of nitrogens with one attached hydrogen (secondary N) is 1. The zero-order chi connectivity index (χ0) is 19.6. The molecular weight excluding hydrogens is 409 g/mol. The van der Waals surface area contributed by atoms with E-state index in [9.17, 15) is 18.3 Å².